The van der Waals surface area contributed by atoms with Crippen LogP contribution in [-0.4, -0.2) is 5.11 Å². The number of aliphatic hydroxyl groups is 1. The van der Waals surface area contributed by atoms with Crippen molar-refractivity contribution >= 4 is 15.9 Å². The predicted molar refractivity (Wildman–Crippen MR) is 52.0 cm³/mol. The Labute approximate surface area is 84.7 Å². The SMILES string of the molecule is Cc1ccc(F)c(C2(O)CC2)c1Br. The highest BCUT2D eigenvalue weighted by atomic mass is 79.9. The molecule has 1 N–H and O–H groups in total. The van der Waals surface area contributed by atoms with E-state index in [0.29, 0.717) is 22.9 Å². The molecule has 0 atom stereocenters. The molecule has 1 aliphatic rings. The lowest BCUT2D eigenvalue weighted by atomic mass is 10.0. The average Bonchev–Trinajstić information content (AvgIpc) is 2.78. The predicted octanol–water partition coefficient (Wildman–Crippen LogP) is 2.88. The topological polar surface area (TPSA) is 20.2 Å². The summed E-state index contributed by atoms with van der Waals surface area (Å²) in [7, 11) is 0. The van der Waals surface area contributed by atoms with Gasteiger partial charge >= 0.3 is 0 Å². The van der Waals surface area contributed by atoms with Gasteiger partial charge in [0.05, 0.1) is 5.60 Å². The first-order valence-corrected chi connectivity index (χ1v) is 5.01. The summed E-state index contributed by atoms with van der Waals surface area (Å²) in [6.45, 7) is 1.89. The van der Waals surface area contributed by atoms with E-state index < -0.39 is 5.60 Å². The van der Waals surface area contributed by atoms with Crippen molar-refractivity contribution in [3.8, 4) is 0 Å². The number of hydrogen-bond acceptors (Lipinski definition) is 1. The summed E-state index contributed by atoms with van der Waals surface area (Å²) in [5.74, 6) is -0.322. The molecule has 0 aromatic heterocycles. The molecular formula is C10H10BrFO. The highest BCUT2D eigenvalue weighted by Gasteiger charge is 2.45. The van der Waals surface area contributed by atoms with Crippen LogP contribution in [0.5, 0.6) is 0 Å². The third-order valence-electron chi connectivity index (χ3n) is 2.47. The van der Waals surface area contributed by atoms with Gasteiger partial charge in [0, 0.05) is 10.0 Å². The van der Waals surface area contributed by atoms with Crippen molar-refractivity contribution in [1.82, 2.24) is 0 Å². The van der Waals surface area contributed by atoms with Crippen LogP contribution in [0.1, 0.15) is 24.0 Å². The first-order valence-electron chi connectivity index (χ1n) is 4.22. The van der Waals surface area contributed by atoms with Crippen LogP contribution in [0.3, 0.4) is 0 Å². The number of hydrogen-bond donors (Lipinski definition) is 1. The van der Waals surface area contributed by atoms with Gasteiger partial charge in [0.2, 0.25) is 0 Å². The van der Waals surface area contributed by atoms with Gasteiger partial charge in [0.25, 0.3) is 0 Å². The first-order chi connectivity index (χ1) is 6.04. The van der Waals surface area contributed by atoms with Gasteiger partial charge in [0.15, 0.2) is 0 Å². The van der Waals surface area contributed by atoms with Crippen molar-refractivity contribution < 1.29 is 9.50 Å². The number of halogens is 2. The molecule has 1 aromatic rings. The summed E-state index contributed by atoms with van der Waals surface area (Å²) < 4.78 is 14.1. The zero-order valence-corrected chi connectivity index (χ0v) is 8.86. The maximum atomic E-state index is 13.4. The van der Waals surface area contributed by atoms with Gasteiger partial charge in [-0.1, -0.05) is 22.0 Å². The van der Waals surface area contributed by atoms with E-state index in [-0.39, 0.29) is 5.82 Å². The molecule has 0 bridgehead atoms. The second-order valence-electron chi connectivity index (χ2n) is 3.58. The van der Waals surface area contributed by atoms with Crippen molar-refractivity contribution in [2.24, 2.45) is 0 Å². The standard InChI is InChI=1S/C10H10BrFO/c1-6-2-3-7(12)8(9(6)11)10(13)4-5-10/h2-3,13H,4-5H2,1H3. The van der Waals surface area contributed by atoms with Gasteiger partial charge in [-0.15, -0.1) is 0 Å². The summed E-state index contributed by atoms with van der Waals surface area (Å²) in [5.41, 5.74) is 0.471. The highest BCUT2D eigenvalue weighted by molar-refractivity contribution is 9.10. The second kappa shape index (κ2) is 2.79. The summed E-state index contributed by atoms with van der Waals surface area (Å²) in [6.07, 6.45) is 1.32. The fourth-order valence-corrected chi connectivity index (χ4v) is 2.14. The van der Waals surface area contributed by atoms with Crippen LogP contribution < -0.4 is 0 Å². The normalized spacial score (nSPS) is 18.8. The summed E-state index contributed by atoms with van der Waals surface area (Å²) in [4.78, 5) is 0. The number of rotatable bonds is 1. The Morgan fingerprint density at radius 1 is 1.46 bits per heavy atom. The van der Waals surface area contributed by atoms with Gasteiger partial charge in [-0.25, -0.2) is 4.39 Å². The molecular weight excluding hydrogens is 235 g/mol. The molecule has 1 aromatic carbocycles. The lowest BCUT2D eigenvalue weighted by Gasteiger charge is -2.13. The molecule has 1 aliphatic carbocycles. The van der Waals surface area contributed by atoms with Crippen LogP contribution in [0, 0.1) is 12.7 Å². The maximum Gasteiger partial charge on any atom is 0.130 e. The van der Waals surface area contributed by atoms with Crippen LogP contribution in [0.15, 0.2) is 16.6 Å². The molecule has 0 unspecified atom stereocenters. The van der Waals surface area contributed by atoms with E-state index in [1.807, 2.05) is 6.92 Å². The van der Waals surface area contributed by atoms with Gasteiger partial charge in [-0.3, -0.25) is 0 Å². The monoisotopic (exact) mass is 244 g/mol. The van der Waals surface area contributed by atoms with Crippen LogP contribution in [-0.2, 0) is 5.60 Å². The zero-order chi connectivity index (χ0) is 9.64. The Morgan fingerprint density at radius 2 is 2.08 bits per heavy atom. The van der Waals surface area contributed by atoms with E-state index in [2.05, 4.69) is 15.9 Å². The minimum atomic E-state index is -0.908. The van der Waals surface area contributed by atoms with Gasteiger partial charge in [0.1, 0.15) is 5.82 Å². The van der Waals surface area contributed by atoms with Crippen molar-refractivity contribution in [2.75, 3.05) is 0 Å². The summed E-state index contributed by atoms with van der Waals surface area (Å²) in [5, 5.41) is 9.82. The van der Waals surface area contributed by atoms with Gasteiger partial charge in [-0.2, -0.15) is 0 Å². The largest absolute Gasteiger partial charge is 0.385 e. The molecule has 0 heterocycles. The lowest BCUT2D eigenvalue weighted by Crippen LogP contribution is -2.09. The van der Waals surface area contributed by atoms with Gasteiger partial charge in [-0.05, 0) is 31.4 Å². The van der Waals surface area contributed by atoms with E-state index in [0.717, 1.165) is 5.56 Å². The van der Waals surface area contributed by atoms with Crippen molar-refractivity contribution in [3.05, 3.63) is 33.5 Å². The average molecular weight is 245 g/mol. The highest BCUT2D eigenvalue weighted by Crippen LogP contribution is 2.49. The third-order valence-corrected chi connectivity index (χ3v) is 3.50. The molecule has 0 saturated heterocycles. The summed E-state index contributed by atoms with van der Waals surface area (Å²) >= 11 is 3.31. The van der Waals surface area contributed by atoms with Crippen LogP contribution in [0.25, 0.3) is 0 Å². The quantitative estimate of drug-likeness (QED) is 0.806. The van der Waals surface area contributed by atoms with E-state index in [1.165, 1.54) is 6.07 Å². The smallest absolute Gasteiger partial charge is 0.130 e. The molecule has 2 rings (SSSR count). The Bertz CT molecular complexity index is 358. The maximum absolute atomic E-state index is 13.4. The third kappa shape index (κ3) is 1.40. The van der Waals surface area contributed by atoms with E-state index in [9.17, 15) is 9.50 Å². The first kappa shape index (κ1) is 9.16. The molecule has 1 nitrogen and oxygen atoms in total. The Hall–Kier alpha value is -0.410. The molecule has 1 saturated carbocycles. The molecule has 1 fully saturated rings. The molecule has 0 spiro atoms. The molecule has 70 valence electrons. The molecule has 3 heteroatoms. The lowest BCUT2D eigenvalue weighted by molar-refractivity contribution is 0.146. The summed E-state index contributed by atoms with van der Waals surface area (Å²) in [6, 6.07) is 3.11. The molecule has 0 amide bonds. The van der Waals surface area contributed by atoms with E-state index in [1.54, 1.807) is 6.07 Å². The number of benzene rings is 1. The molecule has 13 heavy (non-hydrogen) atoms. The van der Waals surface area contributed by atoms with E-state index >= 15 is 0 Å². The van der Waals surface area contributed by atoms with E-state index in [4.69, 9.17) is 0 Å². The fourth-order valence-electron chi connectivity index (χ4n) is 1.45. The van der Waals surface area contributed by atoms with Crippen LogP contribution in [0.2, 0.25) is 0 Å². The molecule has 0 aliphatic heterocycles. The minimum absolute atomic E-state index is 0.322. The van der Waals surface area contributed by atoms with Crippen LogP contribution >= 0.6 is 15.9 Å². The Kier molecular flexibility index (Phi) is 1.96. The Morgan fingerprint density at radius 3 is 2.62 bits per heavy atom. The van der Waals surface area contributed by atoms with Crippen LogP contribution in [0.4, 0.5) is 4.39 Å². The fraction of sp³-hybridized carbons (Fsp3) is 0.400. The van der Waals surface area contributed by atoms with Gasteiger partial charge < -0.3 is 5.11 Å². The van der Waals surface area contributed by atoms with Crippen molar-refractivity contribution in [3.63, 3.8) is 0 Å². The Balaban J connectivity index is 2.61. The molecule has 0 radical (unpaired) electrons. The van der Waals surface area contributed by atoms with Crippen molar-refractivity contribution in [2.45, 2.75) is 25.4 Å². The number of aryl methyl sites for hydroxylation is 1. The zero-order valence-electron chi connectivity index (χ0n) is 7.27. The minimum Gasteiger partial charge on any atom is -0.385 e. The second-order valence-corrected chi connectivity index (χ2v) is 4.38. The van der Waals surface area contributed by atoms with Crippen molar-refractivity contribution in [1.29, 1.82) is 0 Å².